The van der Waals surface area contributed by atoms with E-state index in [0.717, 1.165) is 0 Å². The van der Waals surface area contributed by atoms with E-state index < -0.39 is 36.5 Å². The molecule has 0 fully saturated rings. The van der Waals surface area contributed by atoms with Gasteiger partial charge < -0.3 is 5.11 Å². The lowest BCUT2D eigenvalue weighted by Crippen LogP contribution is -2.57. The van der Waals surface area contributed by atoms with Crippen LogP contribution in [0.25, 0.3) is 0 Å². The molecular formula is C13H11F7O. The minimum atomic E-state index is -6.38. The van der Waals surface area contributed by atoms with Crippen LogP contribution in [0.5, 0.6) is 0 Å². The Morgan fingerprint density at radius 3 is 2.10 bits per heavy atom. The minimum Gasteiger partial charge on any atom is -0.388 e. The van der Waals surface area contributed by atoms with Crippen molar-refractivity contribution in [2.24, 2.45) is 5.92 Å². The van der Waals surface area contributed by atoms with Gasteiger partial charge in [-0.1, -0.05) is 24.3 Å². The van der Waals surface area contributed by atoms with Crippen molar-refractivity contribution in [1.29, 1.82) is 0 Å². The van der Waals surface area contributed by atoms with Gasteiger partial charge in [0.1, 0.15) is 0 Å². The SMILES string of the molecule is OC1c2ccccc2CCC1C(F)(F)C(F)(F)C(F)(F)F. The summed E-state index contributed by atoms with van der Waals surface area (Å²) in [5.41, 5.74) is 0.429. The predicted molar refractivity (Wildman–Crippen MR) is 59.2 cm³/mol. The predicted octanol–water partition coefficient (Wildman–Crippen LogP) is 4.12. The summed E-state index contributed by atoms with van der Waals surface area (Å²) >= 11 is 0. The summed E-state index contributed by atoms with van der Waals surface area (Å²) in [6.07, 6.45) is -9.20. The molecule has 0 aliphatic heterocycles. The van der Waals surface area contributed by atoms with Gasteiger partial charge >= 0.3 is 18.0 Å². The van der Waals surface area contributed by atoms with E-state index in [9.17, 15) is 35.8 Å². The molecule has 2 atom stereocenters. The smallest absolute Gasteiger partial charge is 0.388 e. The number of fused-ring (bicyclic) bond motifs is 1. The standard InChI is InChI=1S/C13H11F7O/c14-11(15,12(16,17)13(18,19)20)9-6-5-7-3-1-2-4-8(7)10(9)21/h1-4,9-10,21H,5-6H2. The number of rotatable bonds is 2. The van der Waals surface area contributed by atoms with Crippen molar-refractivity contribution in [2.45, 2.75) is 37.0 Å². The molecule has 1 aromatic carbocycles. The van der Waals surface area contributed by atoms with Gasteiger partial charge in [0.2, 0.25) is 0 Å². The maximum atomic E-state index is 13.7. The van der Waals surface area contributed by atoms with Crippen LogP contribution in [-0.4, -0.2) is 23.1 Å². The first kappa shape index (κ1) is 16.1. The summed E-state index contributed by atoms with van der Waals surface area (Å²) in [6.45, 7) is 0. The van der Waals surface area contributed by atoms with Gasteiger partial charge in [0, 0.05) is 0 Å². The van der Waals surface area contributed by atoms with Crippen molar-refractivity contribution in [3.8, 4) is 0 Å². The van der Waals surface area contributed by atoms with Crippen LogP contribution in [0.2, 0.25) is 0 Å². The molecule has 1 aliphatic carbocycles. The Morgan fingerprint density at radius 2 is 1.52 bits per heavy atom. The number of halogens is 7. The quantitative estimate of drug-likeness (QED) is 0.814. The molecule has 1 aliphatic rings. The van der Waals surface area contributed by atoms with Crippen molar-refractivity contribution in [3.05, 3.63) is 35.4 Å². The number of alkyl halides is 7. The third kappa shape index (κ3) is 2.39. The van der Waals surface area contributed by atoms with Crippen molar-refractivity contribution < 1.29 is 35.8 Å². The molecule has 21 heavy (non-hydrogen) atoms. The Morgan fingerprint density at radius 1 is 0.952 bits per heavy atom. The molecule has 0 radical (unpaired) electrons. The molecule has 0 saturated carbocycles. The molecule has 0 bridgehead atoms. The summed E-state index contributed by atoms with van der Waals surface area (Å²) in [7, 11) is 0. The monoisotopic (exact) mass is 316 g/mol. The van der Waals surface area contributed by atoms with Gasteiger partial charge in [-0.15, -0.1) is 0 Å². The van der Waals surface area contributed by atoms with E-state index in [1.807, 2.05) is 0 Å². The molecule has 1 nitrogen and oxygen atoms in total. The number of benzene rings is 1. The maximum Gasteiger partial charge on any atom is 0.459 e. The summed E-state index contributed by atoms with van der Waals surface area (Å²) < 4.78 is 90.1. The topological polar surface area (TPSA) is 20.2 Å². The fourth-order valence-corrected chi connectivity index (χ4v) is 2.54. The van der Waals surface area contributed by atoms with Crippen LogP contribution in [0, 0.1) is 5.92 Å². The second-order valence-electron chi connectivity index (χ2n) is 4.98. The molecule has 2 unspecified atom stereocenters. The highest BCUT2D eigenvalue weighted by atomic mass is 19.4. The van der Waals surface area contributed by atoms with Gasteiger partial charge in [0.05, 0.1) is 12.0 Å². The van der Waals surface area contributed by atoms with Crippen LogP contribution in [0.3, 0.4) is 0 Å². The van der Waals surface area contributed by atoms with Crippen molar-refractivity contribution in [1.82, 2.24) is 0 Å². The van der Waals surface area contributed by atoms with E-state index in [4.69, 9.17) is 0 Å². The number of hydrogen-bond donors (Lipinski definition) is 1. The molecule has 1 N–H and O–H groups in total. The largest absolute Gasteiger partial charge is 0.459 e. The number of aryl methyl sites for hydroxylation is 1. The van der Waals surface area contributed by atoms with Gasteiger partial charge in [-0.2, -0.15) is 30.7 Å². The van der Waals surface area contributed by atoms with E-state index >= 15 is 0 Å². The van der Waals surface area contributed by atoms with Crippen LogP contribution in [-0.2, 0) is 6.42 Å². The highest BCUT2D eigenvalue weighted by Gasteiger charge is 2.75. The van der Waals surface area contributed by atoms with E-state index in [1.165, 1.54) is 18.2 Å². The van der Waals surface area contributed by atoms with E-state index in [2.05, 4.69) is 0 Å². The fourth-order valence-electron chi connectivity index (χ4n) is 2.54. The zero-order chi connectivity index (χ0) is 16.1. The molecule has 0 aromatic heterocycles. The van der Waals surface area contributed by atoms with Crippen LogP contribution < -0.4 is 0 Å². The van der Waals surface area contributed by atoms with E-state index in [0.29, 0.717) is 5.56 Å². The molecule has 1 aromatic rings. The van der Waals surface area contributed by atoms with E-state index in [1.54, 1.807) is 6.07 Å². The molecule has 8 heteroatoms. The third-order valence-electron chi connectivity index (χ3n) is 3.72. The van der Waals surface area contributed by atoms with E-state index in [-0.39, 0.29) is 12.0 Å². The van der Waals surface area contributed by atoms with Gasteiger partial charge in [0.25, 0.3) is 0 Å². The number of aliphatic hydroxyl groups excluding tert-OH is 1. The van der Waals surface area contributed by atoms with Crippen LogP contribution in [0.4, 0.5) is 30.7 Å². The zero-order valence-electron chi connectivity index (χ0n) is 10.5. The van der Waals surface area contributed by atoms with Crippen molar-refractivity contribution in [2.75, 3.05) is 0 Å². The fraction of sp³-hybridized carbons (Fsp3) is 0.538. The molecule has 0 spiro atoms. The van der Waals surface area contributed by atoms with Crippen LogP contribution in [0.1, 0.15) is 23.7 Å². The summed E-state index contributed by atoms with van der Waals surface area (Å²) in [5.74, 6) is -14.1. The molecular weight excluding hydrogens is 305 g/mol. The van der Waals surface area contributed by atoms with Gasteiger partial charge in [-0.25, -0.2) is 0 Å². The van der Waals surface area contributed by atoms with Crippen molar-refractivity contribution >= 4 is 0 Å². The second kappa shape index (κ2) is 4.86. The van der Waals surface area contributed by atoms with Crippen LogP contribution in [0.15, 0.2) is 24.3 Å². The summed E-state index contributed by atoms with van der Waals surface area (Å²) in [6, 6.07) is 5.71. The lowest BCUT2D eigenvalue weighted by atomic mass is 9.76. The summed E-state index contributed by atoms with van der Waals surface area (Å²) in [5, 5.41) is 9.81. The highest BCUT2D eigenvalue weighted by Crippen LogP contribution is 2.54. The Labute approximate surface area is 115 Å². The Hall–Kier alpha value is -1.31. The van der Waals surface area contributed by atoms with Gasteiger partial charge in [0.15, 0.2) is 0 Å². The lowest BCUT2D eigenvalue weighted by molar-refractivity contribution is -0.371. The Bertz CT molecular complexity index is 523. The highest BCUT2D eigenvalue weighted by molar-refractivity contribution is 5.32. The lowest BCUT2D eigenvalue weighted by Gasteiger charge is -2.39. The average Bonchev–Trinajstić information content (AvgIpc) is 2.37. The molecule has 118 valence electrons. The third-order valence-corrected chi connectivity index (χ3v) is 3.72. The minimum absolute atomic E-state index is 0.0357. The first-order valence-electron chi connectivity index (χ1n) is 6.08. The molecule has 0 saturated heterocycles. The first-order chi connectivity index (χ1) is 9.50. The molecule has 2 rings (SSSR count). The van der Waals surface area contributed by atoms with Gasteiger partial charge in [-0.3, -0.25) is 0 Å². The average molecular weight is 316 g/mol. The summed E-state index contributed by atoms with van der Waals surface area (Å²) in [4.78, 5) is 0. The number of aliphatic hydroxyl groups is 1. The molecule has 0 heterocycles. The second-order valence-corrected chi connectivity index (χ2v) is 4.98. The van der Waals surface area contributed by atoms with Crippen LogP contribution >= 0.6 is 0 Å². The normalized spacial score (nSPS) is 23.8. The van der Waals surface area contributed by atoms with Crippen molar-refractivity contribution in [3.63, 3.8) is 0 Å². The zero-order valence-corrected chi connectivity index (χ0v) is 10.5. The Kier molecular flexibility index (Phi) is 3.72. The molecule has 0 amide bonds. The van der Waals surface area contributed by atoms with Gasteiger partial charge in [-0.05, 0) is 24.0 Å². The Balaban J connectivity index is 2.39. The maximum absolute atomic E-state index is 13.7. The first-order valence-corrected chi connectivity index (χ1v) is 6.08. The number of hydrogen-bond acceptors (Lipinski definition) is 1.